The largest absolute Gasteiger partial charge is 0.484 e. The van der Waals surface area contributed by atoms with Gasteiger partial charge in [-0.1, -0.05) is 24.3 Å². The first kappa shape index (κ1) is 18.6. The monoisotopic (exact) mass is 372 g/mol. The lowest BCUT2D eigenvalue weighted by molar-refractivity contribution is -0.134. The van der Waals surface area contributed by atoms with Gasteiger partial charge in [0.15, 0.2) is 6.61 Å². The molecule has 6 heteroatoms. The van der Waals surface area contributed by atoms with Crippen LogP contribution < -0.4 is 4.74 Å². The number of ether oxygens (including phenoxy) is 1. The summed E-state index contributed by atoms with van der Waals surface area (Å²) in [6, 6.07) is 15.3. The molecule has 1 atom stereocenters. The van der Waals surface area contributed by atoms with Crippen LogP contribution in [-0.4, -0.2) is 52.1 Å². The number of nitrogens with zero attached hydrogens (tertiary/aromatic N) is 2. The summed E-state index contributed by atoms with van der Waals surface area (Å²) in [4.78, 5) is 14.9. The van der Waals surface area contributed by atoms with E-state index < -0.39 is 11.0 Å². The number of hydrogen-bond acceptors (Lipinski definition) is 3. The van der Waals surface area contributed by atoms with Crippen molar-refractivity contribution in [2.45, 2.75) is 18.7 Å². The number of piperazine rings is 1. The van der Waals surface area contributed by atoms with E-state index in [1.165, 1.54) is 0 Å². The van der Waals surface area contributed by atoms with Crippen LogP contribution in [0.15, 0.2) is 53.4 Å². The van der Waals surface area contributed by atoms with Crippen molar-refractivity contribution in [3.8, 4) is 5.75 Å². The molecule has 3 rings (SSSR count). The van der Waals surface area contributed by atoms with E-state index in [1.807, 2.05) is 60.6 Å². The molecule has 0 N–H and O–H groups in total. The Morgan fingerprint density at radius 2 is 1.62 bits per heavy atom. The Hall–Kier alpha value is -2.18. The van der Waals surface area contributed by atoms with Gasteiger partial charge in [-0.15, -0.1) is 0 Å². The highest BCUT2D eigenvalue weighted by atomic mass is 32.2. The standard InChI is InChI=1S/C20H24N2O3S/c1-16-12-17(2)14-19(13-16)26(24)22-10-8-21(9-11-22)20(23)15-25-18-6-4-3-5-7-18/h3-7,12-14H,8-11,15H2,1-2H3. The van der Waals surface area contributed by atoms with E-state index in [0.29, 0.717) is 31.9 Å². The molecule has 0 radical (unpaired) electrons. The van der Waals surface area contributed by atoms with Gasteiger partial charge in [-0.3, -0.25) is 4.79 Å². The fraction of sp³-hybridized carbons (Fsp3) is 0.350. The fourth-order valence-corrected chi connectivity index (χ4v) is 4.41. The summed E-state index contributed by atoms with van der Waals surface area (Å²) in [5.41, 5.74) is 2.22. The van der Waals surface area contributed by atoms with Crippen LogP contribution in [0, 0.1) is 13.8 Å². The molecule has 2 aromatic carbocycles. The van der Waals surface area contributed by atoms with Crippen molar-refractivity contribution in [2.24, 2.45) is 0 Å². The van der Waals surface area contributed by atoms with Crippen LogP contribution in [0.5, 0.6) is 5.75 Å². The van der Waals surface area contributed by atoms with Gasteiger partial charge in [-0.05, 0) is 49.2 Å². The summed E-state index contributed by atoms with van der Waals surface area (Å²) < 4.78 is 20.3. The summed E-state index contributed by atoms with van der Waals surface area (Å²) in [7, 11) is -1.19. The minimum atomic E-state index is -1.19. The Kier molecular flexibility index (Phi) is 6.06. The Morgan fingerprint density at radius 3 is 2.23 bits per heavy atom. The number of aryl methyl sites for hydroxylation is 2. The molecule has 0 saturated carbocycles. The average molecular weight is 372 g/mol. The number of amides is 1. The van der Waals surface area contributed by atoms with E-state index in [0.717, 1.165) is 16.0 Å². The minimum Gasteiger partial charge on any atom is -0.484 e. The van der Waals surface area contributed by atoms with Gasteiger partial charge in [0, 0.05) is 26.2 Å². The molecule has 1 heterocycles. The van der Waals surface area contributed by atoms with Gasteiger partial charge < -0.3 is 9.64 Å². The number of carbonyl (C=O) groups is 1. The second-order valence-electron chi connectivity index (χ2n) is 6.48. The molecule has 26 heavy (non-hydrogen) atoms. The maximum Gasteiger partial charge on any atom is 0.260 e. The average Bonchev–Trinajstić information content (AvgIpc) is 2.65. The Bertz CT molecular complexity index is 767. The highest BCUT2D eigenvalue weighted by Crippen LogP contribution is 2.17. The van der Waals surface area contributed by atoms with Gasteiger partial charge in [0.05, 0.1) is 4.90 Å². The molecule has 1 aliphatic heterocycles. The number of para-hydroxylation sites is 1. The van der Waals surface area contributed by atoms with Crippen molar-refractivity contribution in [1.29, 1.82) is 0 Å². The maximum atomic E-state index is 12.8. The van der Waals surface area contributed by atoms with Crippen molar-refractivity contribution in [2.75, 3.05) is 32.8 Å². The van der Waals surface area contributed by atoms with Crippen LogP contribution in [0.25, 0.3) is 0 Å². The van der Waals surface area contributed by atoms with Gasteiger partial charge >= 0.3 is 0 Å². The molecule has 0 bridgehead atoms. The molecule has 0 aliphatic carbocycles. The molecule has 5 nitrogen and oxygen atoms in total. The van der Waals surface area contributed by atoms with E-state index in [2.05, 4.69) is 6.07 Å². The van der Waals surface area contributed by atoms with Crippen molar-refractivity contribution in [3.05, 3.63) is 59.7 Å². The van der Waals surface area contributed by atoms with Gasteiger partial charge in [-0.2, -0.15) is 0 Å². The topological polar surface area (TPSA) is 49.9 Å². The van der Waals surface area contributed by atoms with Gasteiger partial charge in [0.25, 0.3) is 5.91 Å². The Labute approximate surface area is 157 Å². The molecule has 1 unspecified atom stereocenters. The number of benzene rings is 2. The molecular formula is C20H24N2O3S. The summed E-state index contributed by atoms with van der Waals surface area (Å²) in [5, 5.41) is 0. The van der Waals surface area contributed by atoms with Crippen molar-refractivity contribution in [3.63, 3.8) is 0 Å². The predicted molar refractivity (Wildman–Crippen MR) is 102 cm³/mol. The van der Waals surface area contributed by atoms with E-state index in [9.17, 15) is 9.00 Å². The van der Waals surface area contributed by atoms with Crippen molar-refractivity contribution >= 4 is 16.9 Å². The van der Waals surface area contributed by atoms with Crippen LogP contribution in [0.1, 0.15) is 11.1 Å². The third-order valence-electron chi connectivity index (χ3n) is 4.33. The third kappa shape index (κ3) is 4.71. The fourth-order valence-electron chi connectivity index (χ4n) is 3.04. The summed E-state index contributed by atoms with van der Waals surface area (Å²) in [5.74, 6) is 0.654. The lowest BCUT2D eigenvalue weighted by Crippen LogP contribution is -2.50. The molecule has 1 aliphatic rings. The van der Waals surface area contributed by atoms with E-state index in [-0.39, 0.29) is 12.5 Å². The molecular weight excluding hydrogens is 348 g/mol. The molecule has 1 saturated heterocycles. The van der Waals surface area contributed by atoms with Gasteiger partial charge in [0.2, 0.25) is 0 Å². The summed E-state index contributed by atoms with van der Waals surface area (Å²) in [6.45, 7) is 6.37. The minimum absolute atomic E-state index is 0.0319. The normalized spacial score (nSPS) is 16.3. The lowest BCUT2D eigenvalue weighted by Gasteiger charge is -2.33. The van der Waals surface area contributed by atoms with Crippen LogP contribution in [0.3, 0.4) is 0 Å². The van der Waals surface area contributed by atoms with Gasteiger partial charge in [0.1, 0.15) is 16.7 Å². The van der Waals surface area contributed by atoms with E-state index in [1.54, 1.807) is 4.90 Å². The second-order valence-corrected chi connectivity index (χ2v) is 7.97. The zero-order valence-electron chi connectivity index (χ0n) is 15.2. The smallest absolute Gasteiger partial charge is 0.260 e. The third-order valence-corrected chi connectivity index (χ3v) is 5.80. The SMILES string of the molecule is Cc1cc(C)cc(S(=O)N2CCN(C(=O)COc3ccccc3)CC2)c1. The van der Waals surface area contributed by atoms with Crippen LogP contribution in [0.2, 0.25) is 0 Å². The first-order valence-corrected chi connectivity index (χ1v) is 9.84. The second kappa shape index (κ2) is 8.47. The Balaban J connectivity index is 1.52. The zero-order chi connectivity index (χ0) is 18.5. The summed E-state index contributed by atoms with van der Waals surface area (Å²) in [6.07, 6.45) is 0. The number of hydrogen-bond donors (Lipinski definition) is 0. The van der Waals surface area contributed by atoms with Crippen LogP contribution in [-0.2, 0) is 15.8 Å². The maximum absolute atomic E-state index is 12.8. The molecule has 0 aromatic heterocycles. The number of carbonyl (C=O) groups excluding carboxylic acids is 1. The highest BCUT2D eigenvalue weighted by molar-refractivity contribution is 7.82. The molecule has 138 valence electrons. The zero-order valence-corrected chi connectivity index (χ0v) is 16.0. The molecule has 1 fully saturated rings. The lowest BCUT2D eigenvalue weighted by atomic mass is 10.2. The molecule has 1 amide bonds. The predicted octanol–water partition coefficient (Wildman–Crippen LogP) is 2.55. The van der Waals surface area contributed by atoms with Crippen molar-refractivity contribution in [1.82, 2.24) is 9.21 Å². The first-order chi connectivity index (χ1) is 12.5. The van der Waals surface area contributed by atoms with Crippen LogP contribution >= 0.6 is 0 Å². The van der Waals surface area contributed by atoms with Crippen LogP contribution in [0.4, 0.5) is 0 Å². The van der Waals surface area contributed by atoms with E-state index in [4.69, 9.17) is 4.74 Å². The molecule has 0 spiro atoms. The van der Waals surface area contributed by atoms with Crippen molar-refractivity contribution < 1.29 is 13.7 Å². The quantitative estimate of drug-likeness (QED) is 0.810. The Morgan fingerprint density at radius 1 is 1.00 bits per heavy atom. The molecule has 2 aromatic rings. The van der Waals surface area contributed by atoms with E-state index >= 15 is 0 Å². The van der Waals surface area contributed by atoms with Gasteiger partial charge in [-0.25, -0.2) is 8.51 Å². The first-order valence-electron chi connectivity index (χ1n) is 8.74. The number of rotatable bonds is 5. The highest BCUT2D eigenvalue weighted by Gasteiger charge is 2.25. The summed E-state index contributed by atoms with van der Waals surface area (Å²) >= 11 is 0.